The van der Waals surface area contributed by atoms with Gasteiger partial charge in [-0.05, 0) is 114 Å². The van der Waals surface area contributed by atoms with Gasteiger partial charge in [-0.3, -0.25) is 58.3 Å². The molecule has 4 aromatic carbocycles. The van der Waals surface area contributed by atoms with Crippen LogP contribution in [0.25, 0.3) is 10.8 Å². The molecule has 1 saturated heterocycles. The van der Waals surface area contributed by atoms with Gasteiger partial charge in [-0.15, -0.1) is 0 Å². The summed E-state index contributed by atoms with van der Waals surface area (Å²) in [7, 11) is 0. The number of fused-ring (bicyclic) bond motifs is 1. The van der Waals surface area contributed by atoms with Crippen LogP contribution in [0, 0.1) is 11.3 Å². The highest BCUT2D eigenvalue weighted by molar-refractivity contribution is 6.30. The lowest BCUT2D eigenvalue weighted by molar-refractivity contribution is -0.138. The van der Waals surface area contributed by atoms with Crippen molar-refractivity contribution in [1.29, 1.82) is 5.41 Å². The number of phenols is 1. The van der Waals surface area contributed by atoms with Crippen LogP contribution in [-0.4, -0.2) is 172 Å². The van der Waals surface area contributed by atoms with E-state index in [1.54, 1.807) is 50.2 Å². The number of benzene rings is 4. The third kappa shape index (κ3) is 24.3. The van der Waals surface area contributed by atoms with Crippen molar-refractivity contribution in [2.45, 2.75) is 146 Å². The maximum atomic E-state index is 14.8. The largest absolute Gasteiger partial charge is 0.508 e. The Balaban J connectivity index is 1.25. The van der Waals surface area contributed by atoms with Gasteiger partial charge >= 0.3 is 6.03 Å². The molecule has 5 aromatic rings. The van der Waals surface area contributed by atoms with Crippen molar-refractivity contribution in [2.24, 2.45) is 17.4 Å². The molecule has 1 fully saturated rings. The maximum Gasteiger partial charge on any atom is 0.312 e. The van der Waals surface area contributed by atoms with E-state index < -0.39 is 120 Å². The zero-order valence-corrected chi connectivity index (χ0v) is 54.4. The summed E-state index contributed by atoms with van der Waals surface area (Å²) in [5.74, 6) is -8.14. The number of hydrogen-bond donors (Lipinski definition) is 15. The van der Waals surface area contributed by atoms with Gasteiger partial charge in [0, 0.05) is 69.7 Å². The number of aliphatic hydroxyl groups excluding tert-OH is 1. The zero-order valence-electron chi connectivity index (χ0n) is 53.7. The van der Waals surface area contributed by atoms with E-state index >= 15 is 0 Å². The first kappa shape index (κ1) is 74.8. The number of aliphatic hydroxyl groups is 1. The number of likely N-dealkylation sites (tertiary alicyclic amines) is 1. The summed E-state index contributed by atoms with van der Waals surface area (Å²) in [6, 6.07) is 15.1. The van der Waals surface area contributed by atoms with E-state index in [-0.39, 0.29) is 95.0 Å². The number of nitrogens with two attached hydrogens (primary N) is 2. The summed E-state index contributed by atoms with van der Waals surface area (Å²) < 4.78 is 0. The number of nitrogens with one attached hydrogen (secondary N) is 11. The third-order valence-electron chi connectivity index (χ3n) is 15.8. The molecular weight excluding hydrogens is 1260 g/mol. The van der Waals surface area contributed by atoms with Crippen molar-refractivity contribution in [3.63, 3.8) is 0 Å². The van der Waals surface area contributed by atoms with Gasteiger partial charge in [-0.2, -0.15) is 0 Å². The van der Waals surface area contributed by atoms with E-state index in [1.165, 1.54) is 48.5 Å². The fourth-order valence-corrected chi connectivity index (χ4v) is 11.0. The Hall–Kier alpha value is -10.2. The number of carbonyl (C=O) groups is 10. The first-order chi connectivity index (χ1) is 45.9. The second kappa shape index (κ2) is 37.6. The van der Waals surface area contributed by atoms with E-state index in [4.69, 9.17) is 28.5 Å². The van der Waals surface area contributed by atoms with Gasteiger partial charge in [0.25, 0.3) is 0 Å². The molecule has 28 nitrogen and oxygen atoms in total. The average Bonchev–Trinajstić information content (AvgIpc) is 1.39. The SMILES string of the molecule is CC(=O)N[C@@H](Cc1ccc2ccccc2c1)C(=O)N[C@H](Cc1ccc(Cl)cc1)C(=O)N[C@@H](Cc1cccnc1)C(=O)N[C@H](CO)C(=O)N[C@H](Cc1ccc(O)cc1)C(=O)N[C@@H](CCCNC(N)=O)C(=O)N[C@@H](CC(C)C)C(=O)N[C@@H](CCCNC(=N)N)C(=O)N1CCC[C@H]1[C]=O. The highest BCUT2D eigenvalue weighted by atomic mass is 35.5. The van der Waals surface area contributed by atoms with Gasteiger partial charge in [-0.1, -0.05) is 98.2 Å². The van der Waals surface area contributed by atoms with E-state index in [9.17, 15) is 63.0 Å². The number of phenolic OH excluding ortho intramolecular Hbond substituents is 1. The molecule has 1 radical (unpaired) electrons. The molecule has 0 aliphatic carbocycles. The lowest BCUT2D eigenvalue weighted by atomic mass is 9.99. The molecule has 513 valence electrons. The fourth-order valence-electron chi connectivity index (χ4n) is 10.9. The standard InChI is InChI=1S/C67H85ClN15O13/c1-39(2)30-52(59(89)77-51(15-8-27-73-66(69)70)65(95)83-29-9-13-48(83)37-84)78-58(88)50(14-7-28-74-67(71)96)76-61(91)54(33-42-19-24-49(87)25-20-42)81-64(94)57(38-85)82-63(93)56(35-44-10-6-26-72-36-44)80-62(92)55(32-41-17-22-47(68)23-18-41)79-60(90)53(75-40(3)86)34-43-16-21-45-11-4-5-12-46(45)31-43/h4-6,10-12,16-26,31,36,39,48,50-57,85,87H,7-9,13-15,27-30,32-35,38H2,1-3H3,(H,75,86)(H,76,91)(H,77,89)(H,78,88)(H,79,90)(H,80,92)(H,81,94)(H,82,93)(H4,69,70,73)(H3,71,74,96)/t48-,50-,51-,52-,53-,54+,55+,56-,57+/m0/s1. The van der Waals surface area contributed by atoms with Crippen molar-refractivity contribution in [3.8, 4) is 5.75 Å². The van der Waals surface area contributed by atoms with Crippen LogP contribution in [0.5, 0.6) is 5.75 Å². The number of pyridine rings is 1. The number of carbonyl (C=O) groups excluding carboxylic acids is 11. The van der Waals surface area contributed by atoms with Gasteiger partial charge in [-0.25, -0.2) is 4.79 Å². The number of amides is 11. The molecule has 0 spiro atoms. The predicted octanol–water partition coefficient (Wildman–Crippen LogP) is 0.614. The number of hydrogen-bond acceptors (Lipinski definition) is 15. The number of aromatic hydroxyl groups is 1. The fraction of sp³-hybridized carbons (Fsp3) is 0.418. The first-order valence-corrected chi connectivity index (χ1v) is 32.0. The normalized spacial score (nSPS) is 15.1. The van der Waals surface area contributed by atoms with Crippen LogP contribution in [0.1, 0.15) is 88.0 Å². The van der Waals surface area contributed by atoms with E-state index in [2.05, 4.69) is 58.2 Å². The minimum absolute atomic E-state index is 0.0253. The van der Waals surface area contributed by atoms with Gasteiger partial charge < -0.3 is 79.7 Å². The lowest BCUT2D eigenvalue weighted by Crippen LogP contribution is -2.61. The third-order valence-corrected chi connectivity index (χ3v) is 16.0. The van der Waals surface area contributed by atoms with Crippen LogP contribution in [-0.2, 0) is 73.6 Å². The quantitative estimate of drug-likeness (QED) is 0.0148. The van der Waals surface area contributed by atoms with Crippen LogP contribution in [0.15, 0.2) is 116 Å². The van der Waals surface area contributed by atoms with E-state index in [0.717, 1.165) is 10.8 Å². The molecule has 1 aliphatic rings. The second-order valence-corrected chi connectivity index (χ2v) is 24.3. The number of primary amides is 1. The van der Waals surface area contributed by atoms with Crippen molar-refractivity contribution in [2.75, 3.05) is 26.2 Å². The van der Waals surface area contributed by atoms with Gasteiger partial charge in [0.1, 0.15) is 54.1 Å². The van der Waals surface area contributed by atoms with Crippen molar-refractivity contribution >= 4 is 93.8 Å². The summed E-state index contributed by atoms with van der Waals surface area (Å²) >= 11 is 6.22. The molecule has 96 heavy (non-hydrogen) atoms. The molecular formula is C67H85ClN15O13. The molecule has 0 unspecified atom stereocenters. The number of rotatable bonds is 36. The topological polar surface area (TPSA) is 441 Å². The summed E-state index contributed by atoms with van der Waals surface area (Å²) in [5.41, 5.74) is 12.9. The van der Waals surface area contributed by atoms with Crippen LogP contribution in [0.3, 0.4) is 0 Å². The molecule has 0 saturated carbocycles. The monoisotopic (exact) mass is 1340 g/mol. The second-order valence-electron chi connectivity index (χ2n) is 23.9. The molecule has 11 amide bonds. The van der Waals surface area contributed by atoms with E-state index in [1.807, 2.05) is 48.8 Å². The molecule has 1 aromatic heterocycles. The van der Waals surface area contributed by atoms with Crippen molar-refractivity contribution < 1.29 is 63.0 Å². The Bertz CT molecular complexity index is 3510. The summed E-state index contributed by atoms with van der Waals surface area (Å²) in [4.78, 5) is 158. The Labute approximate surface area is 560 Å². The molecule has 0 bridgehead atoms. The zero-order chi connectivity index (χ0) is 69.8. The molecule has 6 rings (SSSR count). The molecule has 29 heteroatoms. The smallest absolute Gasteiger partial charge is 0.312 e. The Morgan fingerprint density at radius 3 is 1.62 bits per heavy atom. The highest BCUT2D eigenvalue weighted by Crippen LogP contribution is 2.21. The Morgan fingerprint density at radius 2 is 1.07 bits per heavy atom. The molecule has 17 N–H and O–H groups in total. The van der Waals surface area contributed by atoms with Gasteiger partial charge in [0.2, 0.25) is 59.5 Å². The number of halogens is 1. The number of aromatic nitrogens is 1. The van der Waals surface area contributed by atoms with Gasteiger partial charge in [0.05, 0.1) is 12.6 Å². The van der Waals surface area contributed by atoms with Crippen LogP contribution >= 0.6 is 11.6 Å². The number of urea groups is 1. The van der Waals surface area contributed by atoms with Crippen LogP contribution in [0.2, 0.25) is 5.02 Å². The lowest BCUT2D eigenvalue weighted by Gasteiger charge is -2.30. The average molecular weight is 1340 g/mol. The highest BCUT2D eigenvalue weighted by Gasteiger charge is 2.38. The maximum absolute atomic E-state index is 14.8. The minimum atomic E-state index is -1.83. The van der Waals surface area contributed by atoms with Crippen molar-refractivity contribution in [3.05, 3.63) is 143 Å². The molecule has 1 aliphatic heterocycles. The summed E-state index contributed by atoms with van der Waals surface area (Å²) in [5, 5.41) is 57.2. The van der Waals surface area contributed by atoms with Gasteiger partial charge in [0.15, 0.2) is 5.96 Å². The first-order valence-electron chi connectivity index (χ1n) is 31.6. The Kier molecular flexibility index (Phi) is 29.3. The molecule has 2 heterocycles. The summed E-state index contributed by atoms with van der Waals surface area (Å²) in [6.07, 6.45) is 5.19. The van der Waals surface area contributed by atoms with Crippen LogP contribution in [0.4, 0.5) is 4.79 Å². The minimum Gasteiger partial charge on any atom is -0.508 e. The number of guanidine groups is 1. The number of nitrogens with zero attached hydrogens (tertiary/aromatic N) is 2. The Morgan fingerprint density at radius 1 is 0.594 bits per heavy atom. The van der Waals surface area contributed by atoms with E-state index in [0.29, 0.717) is 40.1 Å². The van der Waals surface area contributed by atoms with Crippen molar-refractivity contribution in [1.82, 2.24) is 63.1 Å². The predicted molar refractivity (Wildman–Crippen MR) is 357 cm³/mol. The molecule has 9 atom stereocenters. The van der Waals surface area contributed by atoms with Crippen LogP contribution < -0.4 is 64.6 Å². The summed E-state index contributed by atoms with van der Waals surface area (Å²) in [6.45, 7) is 4.09.